The lowest BCUT2D eigenvalue weighted by Gasteiger charge is -2.28. The Kier molecular flexibility index (Phi) is 4.89. The van der Waals surface area contributed by atoms with Gasteiger partial charge in [-0.3, -0.25) is 4.79 Å². The van der Waals surface area contributed by atoms with Crippen molar-refractivity contribution < 1.29 is 13.2 Å². The summed E-state index contributed by atoms with van der Waals surface area (Å²) < 4.78 is 24.5. The van der Waals surface area contributed by atoms with Crippen LogP contribution in [-0.4, -0.2) is 36.8 Å². The molecule has 0 bridgehead atoms. The van der Waals surface area contributed by atoms with E-state index < -0.39 is 9.84 Å². The predicted octanol–water partition coefficient (Wildman–Crippen LogP) is 3.34. The number of sulfone groups is 1. The first kappa shape index (κ1) is 16.7. The molecule has 122 valence electrons. The fraction of sp³-hybridized carbons (Fsp3) is 0.312. The third-order valence-corrected chi connectivity index (χ3v) is 6.99. The van der Waals surface area contributed by atoms with Crippen LogP contribution in [0.25, 0.3) is 0 Å². The van der Waals surface area contributed by atoms with Crippen molar-refractivity contribution in [3.05, 3.63) is 56.7 Å². The van der Waals surface area contributed by atoms with E-state index in [-0.39, 0.29) is 23.5 Å². The Balaban J connectivity index is 1.89. The lowest BCUT2D eigenvalue weighted by atomic mass is 10.1. The van der Waals surface area contributed by atoms with Gasteiger partial charge in [0.05, 0.1) is 18.1 Å². The molecule has 2 aromatic rings. The van der Waals surface area contributed by atoms with Crippen LogP contribution in [-0.2, 0) is 16.4 Å². The van der Waals surface area contributed by atoms with Gasteiger partial charge in [0, 0.05) is 21.0 Å². The minimum absolute atomic E-state index is 0.0537. The minimum Gasteiger partial charge on any atom is -0.329 e. The first-order valence-corrected chi connectivity index (χ1v) is 10.7. The van der Waals surface area contributed by atoms with Gasteiger partial charge in [-0.05, 0) is 36.1 Å². The number of carbonyl (C=O) groups is 1. The zero-order chi connectivity index (χ0) is 16.4. The maximum atomic E-state index is 12.9. The van der Waals surface area contributed by atoms with Crippen LogP contribution in [0.4, 0.5) is 0 Å². The van der Waals surface area contributed by atoms with Crippen molar-refractivity contribution in [2.45, 2.75) is 19.0 Å². The number of hydrogen-bond donors (Lipinski definition) is 0. The average molecular weight is 414 g/mol. The summed E-state index contributed by atoms with van der Waals surface area (Å²) in [5.41, 5.74) is 0.570. The quantitative estimate of drug-likeness (QED) is 0.771. The van der Waals surface area contributed by atoms with Crippen molar-refractivity contribution in [1.82, 2.24) is 4.90 Å². The highest BCUT2D eigenvalue weighted by molar-refractivity contribution is 9.10. The molecular formula is C16H16BrNO3S2. The van der Waals surface area contributed by atoms with Crippen LogP contribution < -0.4 is 0 Å². The van der Waals surface area contributed by atoms with Gasteiger partial charge in [0.15, 0.2) is 9.84 Å². The maximum Gasteiger partial charge on any atom is 0.254 e. The topological polar surface area (TPSA) is 54.5 Å². The lowest BCUT2D eigenvalue weighted by molar-refractivity contribution is 0.0683. The maximum absolute atomic E-state index is 12.9. The molecule has 2 heterocycles. The molecule has 3 rings (SSSR count). The third-order valence-electron chi connectivity index (χ3n) is 3.89. The first-order valence-electron chi connectivity index (χ1n) is 7.24. The van der Waals surface area contributed by atoms with Crippen molar-refractivity contribution in [3.8, 4) is 0 Å². The minimum atomic E-state index is -3.04. The van der Waals surface area contributed by atoms with Crippen molar-refractivity contribution in [3.63, 3.8) is 0 Å². The molecule has 0 aliphatic carbocycles. The highest BCUT2D eigenvalue weighted by atomic mass is 79.9. The second kappa shape index (κ2) is 6.75. The van der Waals surface area contributed by atoms with E-state index in [9.17, 15) is 13.2 Å². The number of benzene rings is 1. The number of halogens is 1. The van der Waals surface area contributed by atoms with Crippen LogP contribution in [0.2, 0.25) is 0 Å². The fourth-order valence-corrected chi connectivity index (χ4v) is 5.58. The number of nitrogens with zero attached hydrogens (tertiary/aromatic N) is 1. The van der Waals surface area contributed by atoms with E-state index in [0.717, 1.165) is 9.35 Å². The number of hydrogen-bond acceptors (Lipinski definition) is 4. The standard InChI is InChI=1S/C16H16BrNO3S2/c17-13-4-1-3-12(9-13)16(19)18(10-15-5-2-7-22-15)14-6-8-23(20,21)11-14/h1-5,7,9,14H,6,8,10-11H2/t14-/m0/s1. The molecular weight excluding hydrogens is 398 g/mol. The Morgan fingerprint density at radius 2 is 2.13 bits per heavy atom. The third kappa shape index (κ3) is 4.02. The molecule has 0 spiro atoms. The molecule has 1 saturated heterocycles. The summed E-state index contributed by atoms with van der Waals surface area (Å²) >= 11 is 4.95. The molecule has 1 aliphatic heterocycles. The molecule has 1 aromatic heterocycles. The second-order valence-corrected chi connectivity index (χ2v) is 9.76. The van der Waals surface area contributed by atoms with E-state index in [2.05, 4.69) is 15.9 Å². The van der Waals surface area contributed by atoms with E-state index in [1.54, 1.807) is 28.4 Å². The summed E-state index contributed by atoms with van der Waals surface area (Å²) in [6.07, 6.45) is 0.507. The number of thiophene rings is 1. The molecule has 0 N–H and O–H groups in total. The molecule has 4 nitrogen and oxygen atoms in total. The van der Waals surface area contributed by atoms with Gasteiger partial charge in [-0.25, -0.2) is 8.42 Å². The fourth-order valence-electron chi connectivity index (χ4n) is 2.75. The van der Waals surface area contributed by atoms with Gasteiger partial charge in [0.25, 0.3) is 5.91 Å². The van der Waals surface area contributed by atoms with Gasteiger partial charge >= 0.3 is 0 Å². The summed E-state index contributed by atoms with van der Waals surface area (Å²) in [6, 6.07) is 10.9. The van der Waals surface area contributed by atoms with Gasteiger partial charge in [0.2, 0.25) is 0 Å². The SMILES string of the molecule is O=C(c1cccc(Br)c1)N(Cc1cccs1)[C@H]1CCS(=O)(=O)C1. The highest BCUT2D eigenvalue weighted by Crippen LogP contribution is 2.24. The van der Waals surface area contributed by atoms with E-state index in [4.69, 9.17) is 0 Å². The van der Waals surface area contributed by atoms with Crippen LogP contribution in [0.15, 0.2) is 46.3 Å². The van der Waals surface area contributed by atoms with Crippen molar-refractivity contribution in [2.24, 2.45) is 0 Å². The summed E-state index contributed by atoms with van der Waals surface area (Å²) in [4.78, 5) is 15.7. The first-order chi connectivity index (χ1) is 10.9. The average Bonchev–Trinajstić information content (AvgIpc) is 3.13. The predicted molar refractivity (Wildman–Crippen MR) is 95.4 cm³/mol. The van der Waals surface area contributed by atoms with Crippen LogP contribution in [0.3, 0.4) is 0 Å². The van der Waals surface area contributed by atoms with Crippen LogP contribution in [0, 0.1) is 0 Å². The van der Waals surface area contributed by atoms with Gasteiger partial charge in [-0.2, -0.15) is 0 Å². The zero-order valence-corrected chi connectivity index (χ0v) is 15.5. The van der Waals surface area contributed by atoms with Gasteiger partial charge in [-0.1, -0.05) is 28.1 Å². The number of amides is 1. The van der Waals surface area contributed by atoms with Crippen molar-refractivity contribution >= 4 is 43.0 Å². The highest BCUT2D eigenvalue weighted by Gasteiger charge is 2.35. The Morgan fingerprint density at radius 3 is 2.74 bits per heavy atom. The van der Waals surface area contributed by atoms with Gasteiger partial charge in [0.1, 0.15) is 0 Å². The molecule has 23 heavy (non-hydrogen) atoms. The molecule has 0 radical (unpaired) electrons. The molecule has 1 fully saturated rings. The molecule has 1 aromatic carbocycles. The second-order valence-electron chi connectivity index (χ2n) is 5.58. The Morgan fingerprint density at radius 1 is 1.30 bits per heavy atom. The Hall–Kier alpha value is -1.18. The number of carbonyl (C=O) groups excluding carboxylic acids is 1. The smallest absolute Gasteiger partial charge is 0.254 e. The molecule has 7 heteroatoms. The Bertz CT molecular complexity index is 802. The number of rotatable bonds is 4. The molecule has 1 aliphatic rings. The molecule has 0 unspecified atom stereocenters. The summed E-state index contributed by atoms with van der Waals surface area (Å²) in [6.45, 7) is 0.448. The zero-order valence-electron chi connectivity index (χ0n) is 12.3. The summed E-state index contributed by atoms with van der Waals surface area (Å²) in [7, 11) is -3.04. The van der Waals surface area contributed by atoms with Crippen LogP contribution in [0.5, 0.6) is 0 Å². The van der Waals surface area contributed by atoms with Crippen molar-refractivity contribution in [1.29, 1.82) is 0 Å². The normalized spacial score (nSPS) is 19.6. The van der Waals surface area contributed by atoms with Crippen LogP contribution >= 0.6 is 27.3 Å². The van der Waals surface area contributed by atoms with Crippen molar-refractivity contribution in [2.75, 3.05) is 11.5 Å². The van der Waals surface area contributed by atoms with Gasteiger partial charge in [-0.15, -0.1) is 11.3 Å². The summed E-state index contributed by atoms with van der Waals surface area (Å²) in [5, 5.41) is 1.96. The van der Waals surface area contributed by atoms with E-state index >= 15 is 0 Å². The largest absolute Gasteiger partial charge is 0.329 e. The van der Waals surface area contributed by atoms with E-state index in [1.807, 2.05) is 29.6 Å². The van der Waals surface area contributed by atoms with Gasteiger partial charge < -0.3 is 4.90 Å². The molecule has 1 atom stereocenters. The lowest BCUT2D eigenvalue weighted by Crippen LogP contribution is -2.40. The van der Waals surface area contributed by atoms with E-state index in [1.165, 1.54) is 0 Å². The monoisotopic (exact) mass is 413 g/mol. The summed E-state index contributed by atoms with van der Waals surface area (Å²) in [5.74, 6) is 0.0875. The molecule has 0 saturated carbocycles. The molecule has 1 amide bonds. The van der Waals surface area contributed by atoms with Crippen LogP contribution in [0.1, 0.15) is 21.7 Å². The van der Waals surface area contributed by atoms with E-state index in [0.29, 0.717) is 18.5 Å². The Labute approximate surface area is 148 Å².